The summed E-state index contributed by atoms with van der Waals surface area (Å²) in [5.74, 6) is 0.476. The summed E-state index contributed by atoms with van der Waals surface area (Å²) >= 11 is 0. The van der Waals surface area contributed by atoms with Crippen molar-refractivity contribution in [2.45, 2.75) is 35.5 Å². The monoisotopic (exact) mass is 1170 g/mol. The van der Waals surface area contributed by atoms with Gasteiger partial charge in [-0.25, -0.2) is 0 Å². The Morgan fingerprint density at radius 1 is 0.178 bits per heavy atom. The molecule has 90 heavy (non-hydrogen) atoms. The van der Waals surface area contributed by atoms with Gasteiger partial charge in [0.15, 0.2) is 0 Å². The van der Waals surface area contributed by atoms with Crippen LogP contribution in [0.5, 0.6) is 34.5 Å². The number of phenolic OH excluding ortho intramolecular Hbond substituents is 6. The predicted octanol–water partition coefficient (Wildman–Crippen LogP) is 19.0. The van der Waals surface area contributed by atoms with E-state index >= 15 is 0 Å². The molecule has 0 saturated heterocycles. The first kappa shape index (κ1) is 57.7. The highest BCUT2D eigenvalue weighted by Crippen LogP contribution is 2.68. The van der Waals surface area contributed by atoms with Crippen LogP contribution in [0.1, 0.15) is 80.6 Å². The van der Waals surface area contributed by atoms with E-state index in [1.54, 1.807) is 72.8 Å². The average Bonchev–Trinajstić information content (AvgIpc) is 0.662. The van der Waals surface area contributed by atoms with Crippen molar-refractivity contribution in [1.29, 1.82) is 0 Å². The van der Waals surface area contributed by atoms with Crippen LogP contribution in [0.3, 0.4) is 0 Å². The van der Waals surface area contributed by atoms with Gasteiger partial charge in [0, 0.05) is 10.8 Å². The van der Waals surface area contributed by atoms with E-state index in [0.717, 1.165) is 100 Å². The topological polar surface area (TPSA) is 121 Å². The molecule has 0 saturated carbocycles. The summed E-state index contributed by atoms with van der Waals surface area (Å²) in [7, 11) is 0. The van der Waals surface area contributed by atoms with Gasteiger partial charge in [-0.15, -0.1) is 0 Å². The lowest BCUT2D eigenvalue weighted by molar-refractivity contribution is 0.417. The van der Waals surface area contributed by atoms with Crippen LogP contribution >= 0.6 is 0 Å². The minimum absolute atomic E-state index is 0.0647. The zero-order valence-electron chi connectivity index (χ0n) is 49.9. The fourth-order valence-electron chi connectivity index (χ4n) is 14.6. The number of benzene rings is 13. The Morgan fingerprint density at radius 2 is 0.356 bits per heavy atom. The van der Waals surface area contributed by atoms with Gasteiger partial charge in [-0.05, 0) is 187 Å². The Labute approximate surface area is 525 Å². The molecule has 0 aliphatic carbocycles. The average molecular weight is 1170 g/mol. The van der Waals surface area contributed by atoms with Crippen LogP contribution < -0.4 is 0 Å². The largest absolute Gasteiger partial charge is 0.508 e. The second kappa shape index (κ2) is 23.7. The van der Waals surface area contributed by atoms with E-state index in [0.29, 0.717) is 0 Å². The number of phenols is 6. The quantitative estimate of drug-likeness (QED) is 0.0536. The maximum absolute atomic E-state index is 11.9. The number of hydrogen-bond acceptors (Lipinski definition) is 6. The molecule has 13 aromatic rings. The molecule has 0 atom stereocenters. The molecule has 6 heteroatoms. The second-order valence-corrected chi connectivity index (χ2v) is 23.5. The highest BCUT2D eigenvalue weighted by molar-refractivity contribution is 5.99. The van der Waals surface area contributed by atoms with E-state index in [9.17, 15) is 30.6 Å². The lowest BCUT2D eigenvalue weighted by atomic mass is 9.44. The molecule has 0 aliphatic rings. The number of aromatic hydroxyl groups is 6. The summed E-state index contributed by atoms with van der Waals surface area (Å²) in [4.78, 5) is 0. The first-order chi connectivity index (χ1) is 43.9. The molecule has 0 unspecified atom stereocenters. The zero-order chi connectivity index (χ0) is 62.0. The molecule has 438 valence electrons. The molecule has 0 bridgehead atoms. The Bertz CT molecular complexity index is 4180. The van der Waals surface area contributed by atoms with Crippen molar-refractivity contribution in [3.63, 3.8) is 0 Å². The molecule has 6 N–H and O–H groups in total. The smallest absolute Gasteiger partial charge is 0.115 e. The standard InChI is InChI=1S/C84H66O6/c1-81(60-33-45-69(85)46-34-60,61-35-47-70(86)48-36-61)78-75(57-21-9-3-10-22-57)79(82(2,62-37-49-71(87)50-38-62)63-39-51-72(88)52-40-63)77(59-25-13-5-14-26-59)80(76(78)58-23-11-4-12-24-58)84(67-41-53-73(89)54-42-67,68-43-55-74(90)56-44-68)83(64-27-15-6-16-28-64,65-29-17-7-18-30-65)66-31-19-8-20-32-66/h3-56,85-90H,1-2H3. The molecule has 0 heterocycles. The van der Waals surface area contributed by atoms with Crippen molar-refractivity contribution >= 4 is 0 Å². The van der Waals surface area contributed by atoms with Gasteiger partial charge in [-0.3, -0.25) is 0 Å². The summed E-state index contributed by atoms with van der Waals surface area (Å²) in [6.45, 7) is 4.49. The molecule has 0 aliphatic heterocycles. The van der Waals surface area contributed by atoms with Crippen molar-refractivity contribution in [3.8, 4) is 67.9 Å². The third-order valence-corrected chi connectivity index (χ3v) is 18.6. The van der Waals surface area contributed by atoms with Crippen LogP contribution in [0.4, 0.5) is 0 Å². The summed E-state index contributed by atoms with van der Waals surface area (Å²) in [5.41, 5.74) is 9.85. The van der Waals surface area contributed by atoms with Crippen LogP contribution in [-0.4, -0.2) is 30.6 Å². The van der Waals surface area contributed by atoms with Crippen molar-refractivity contribution in [1.82, 2.24) is 0 Å². The lowest BCUT2D eigenvalue weighted by Crippen LogP contribution is -2.54. The van der Waals surface area contributed by atoms with Gasteiger partial charge in [0.1, 0.15) is 34.5 Å². The van der Waals surface area contributed by atoms with Crippen molar-refractivity contribution < 1.29 is 30.6 Å². The molecule has 0 amide bonds. The molecule has 13 aromatic carbocycles. The van der Waals surface area contributed by atoms with Gasteiger partial charge in [0.25, 0.3) is 0 Å². The maximum Gasteiger partial charge on any atom is 0.115 e. The summed E-state index contributed by atoms with van der Waals surface area (Å²) in [6, 6.07) is 109. The normalized spacial score (nSPS) is 11.9. The van der Waals surface area contributed by atoms with Crippen LogP contribution in [0.25, 0.3) is 33.4 Å². The minimum Gasteiger partial charge on any atom is -0.508 e. The summed E-state index contributed by atoms with van der Waals surface area (Å²) < 4.78 is 0. The fraction of sp³-hybridized carbons (Fsp3) is 0.0714. The molecule has 0 aromatic heterocycles. The van der Waals surface area contributed by atoms with E-state index in [4.69, 9.17) is 0 Å². The molecule has 0 radical (unpaired) electrons. The van der Waals surface area contributed by atoms with Crippen LogP contribution in [-0.2, 0) is 21.7 Å². The van der Waals surface area contributed by atoms with Gasteiger partial charge < -0.3 is 30.6 Å². The third-order valence-electron chi connectivity index (χ3n) is 18.6. The molecule has 0 fully saturated rings. The Kier molecular flexibility index (Phi) is 15.2. The SMILES string of the molecule is CC(c1ccc(O)cc1)(c1ccc(O)cc1)c1c(-c2ccccc2)c(C(C)(c2ccc(O)cc2)c2ccc(O)cc2)c(-c2ccccc2)c(C(c2ccc(O)cc2)(c2ccc(O)cc2)C(c2ccccc2)(c2ccccc2)c2ccccc2)c1-c1ccccc1. The third kappa shape index (κ3) is 9.61. The first-order valence-corrected chi connectivity index (χ1v) is 30.2. The predicted molar refractivity (Wildman–Crippen MR) is 362 cm³/mol. The van der Waals surface area contributed by atoms with Crippen molar-refractivity contribution in [2.24, 2.45) is 0 Å². The van der Waals surface area contributed by atoms with E-state index < -0.39 is 21.7 Å². The van der Waals surface area contributed by atoms with Crippen molar-refractivity contribution in [3.05, 3.63) is 394 Å². The maximum atomic E-state index is 11.9. The first-order valence-electron chi connectivity index (χ1n) is 30.2. The van der Waals surface area contributed by atoms with E-state index in [-0.39, 0.29) is 34.5 Å². The van der Waals surface area contributed by atoms with Crippen LogP contribution in [0, 0.1) is 0 Å². The molecular weight excluding hydrogens is 1100 g/mol. The van der Waals surface area contributed by atoms with Crippen molar-refractivity contribution in [2.75, 3.05) is 0 Å². The highest BCUT2D eigenvalue weighted by atomic mass is 16.3. The van der Waals surface area contributed by atoms with Gasteiger partial charge in [-0.2, -0.15) is 0 Å². The van der Waals surface area contributed by atoms with Gasteiger partial charge in [0.05, 0.1) is 10.8 Å². The van der Waals surface area contributed by atoms with Crippen LogP contribution in [0.15, 0.2) is 328 Å². The second-order valence-electron chi connectivity index (χ2n) is 23.5. The molecular formula is C84H66O6. The van der Waals surface area contributed by atoms with Gasteiger partial charge in [0.2, 0.25) is 0 Å². The lowest BCUT2D eigenvalue weighted by Gasteiger charge is -2.56. The van der Waals surface area contributed by atoms with Crippen LogP contribution in [0.2, 0.25) is 0 Å². The molecule has 13 rings (SSSR count). The van der Waals surface area contributed by atoms with Gasteiger partial charge >= 0.3 is 0 Å². The molecule has 6 nitrogen and oxygen atoms in total. The zero-order valence-corrected chi connectivity index (χ0v) is 49.9. The Hall–Kier alpha value is -11.3. The van der Waals surface area contributed by atoms with E-state index in [1.165, 1.54) is 0 Å². The molecule has 0 spiro atoms. The minimum atomic E-state index is -1.58. The highest BCUT2D eigenvalue weighted by Gasteiger charge is 2.61. The Balaban J connectivity index is 1.50. The number of hydrogen-bond donors (Lipinski definition) is 6. The van der Waals surface area contributed by atoms with Gasteiger partial charge in [-0.1, -0.05) is 255 Å². The number of rotatable bonds is 16. The summed E-state index contributed by atoms with van der Waals surface area (Å²) in [5, 5.41) is 69.4. The Morgan fingerprint density at radius 3 is 0.578 bits per heavy atom. The summed E-state index contributed by atoms with van der Waals surface area (Å²) in [6.07, 6.45) is 0. The van der Waals surface area contributed by atoms with E-state index in [1.807, 2.05) is 84.9 Å². The fourth-order valence-corrected chi connectivity index (χ4v) is 14.6. The van der Waals surface area contributed by atoms with E-state index in [2.05, 4.69) is 184 Å².